The number of methoxy groups -OCH3 is 1. The summed E-state index contributed by atoms with van der Waals surface area (Å²) < 4.78 is 5.10. The van der Waals surface area contributed by atoms with E-state index in [1.54, 1.807) is 13.2 Å². The zero-order valence-electron chi connectivity index (χ0n) is 11.0. The maximum atomic E-state index is 10.9. The molecule has 1 aromatic rings. The van der Waals surface area contributed by atoms with Gasteiger partial charge in [0, 0.05) is 20.3 Å². The lowest BCUT2D eigenvalue weighted by atomic mass is 10.0. The van der Waals surface area contributed by atoms with Crippen molar-refractivity contribution in [1.29, 1.82) is 0 Å². The van der Waals surface area contributed by atoms with Crippen molar-refractivity contribution in [3.05, 3.63) is 17.8 Å². The van der Waals surface area contributed by atoms with E-state index in [9.17, 15) is 4.79 Å². The Balaban J connectivity index is 1.99. The van der Waals surface area contributed by atoms with Crippen molar-refractivity contribution in [3.8, 4) is 0 Å². The average molecular weight is 265 g/mol. The minimum atomic E-state index is -1.05. The summed E-state index contributed by atoms with van der Waals surface area (Å²) in [5.74, 6) is -0.604. The van der Waals surface area contributed by atoms with Crippen molar-refractivity contribution >= 4 is 17.5 Å². The summed E-state index contributed by atoms with van der Waals surface area (Å²) in [6, 6.07) is 2.97. The average Bonchev–Trinajstić information content (AvgIpc) is 3.16. The number of hydrogen-bond donors (Lipinski definition) is 3. The van der Waals surface area contributed by atoms with Crippen LogP contribution in [-0.2, 0) is 4.74 Å². The molecule has 19 heavy (non-hydrogen) atoms. The second-order valence-electron chi connectivity index (χ2n) is 5.04. The highest BCUT2D eigenvalue weighted by Crippen LogP contribution is 2.48. The zero-order valence-corrected chi connectivity index (χ0v) is 11.0. The molecule has 1 saturated carbocycles. The van der Waals surface area contributed by atoms with Gasteiger partial charge in [-0.25, -0.2) is 9.78 Å². The third-order valence-electron chi connectivity index (χ3n) is 3.57. The highest BCUT2D eigenvalue weighted by Gasteiger charge is 2.41. The molecule has 0 saturated heterocycles. The monoisotopic (exact) mass is 265 g/mol. The fourth-order valence-electron chi connectivity index (χ4n) is 2.01. The molecular formula is C13H19N3O3. The maximum absolute atomic E-state index is 10.9. The Morgan fingerprint density at radius 2 is 2.32 bits per heavy atom. The van der Waals surface area contributed by atoms with Crippen LogP contribution in [0.1, 0.15) is 29.8 Å². The molecule has 1 aromatic heterocycles. The third kappa shape index (κ3) is 3.35. The van der Waals surface area contributed by atoms with Gasteiger partial charge in [-0.15, -0.1) is 0 Å². The van der Waals surface area contributed by atoms with Gasteiger partial charge < -0.3 is 20.9 Å². The van der Waals surface area contributed by atoms with E-state index in [1.165, 1.54) is 6.07 Å². The Labute approximate surface area is 112 Å². The first kappa shape index (κ1) is 13.6. The molecule has 1 heterocycles. The predicted octanol–water partition coefficient (Wildman–Crippen LogP) is 1.59. The maximum Gasteiger partial charge on any atom is 0.354 e. The first-order valence-electron chi connectivity index (χ1n) is 6.29. The minimum Gasteiger partial charge on any atom is -0.477 e. The minimum absolute atomic E-state index is 0.00145. The van der Waals surface area contributed by atoms with E-state index in [2.05, 4.69) is 10.3 Å². The number of carboxylic acid groups (broad SMARTS) is 1. The lowest BCUT2D eigenvalue weighted by Gasteiger charge is -2.17. The molecule has 0 spiro atoms. The van der Waals surface area contributed by atoms with E-state index >= 15 is 0 Å². The molecule has 2 rings (SSSR count). The molecule has 0 bridgehead atoms. The van der Waals surface area contributed by atoms with Crippen LogP contribution in [0.15, 0.2) is 12.1 Å². The number of nitrogens with one attached hydrogen (secondary N) is 1. The molecule has 4 N–H and O–H groups in total. The number of hydrogen-bond acceptors (Lipinski definition) is 5. The Kier molecular flexibility index (Phi) is 3.90. The first-order valence-corrected chi connectivity index (χ1v) is 6.29. The molecule has 1 aliphatic rings. The van der Waals surface area contributed by atoms with Crippen LogP contribution in [0.3, 0.4) is 0 Å². The fourth-order valence-corrected chi connectivity index (χ4v) is 2.01. The van der Waals surface area contributed by atoms with Crippen LogP contribution in [0.25, 0.3) is 0 Å². The molecule has 6 heteroatoms. The summed E-state index contributed by atoms with van der Waals surface area (Å²) >= 11 is 0. The number of aromatic carboxylic acids is 1. The van der Waals surface area contributed by atoms with Gasteiger partial charge in [0.15, 0.2) is 5.69 Å². The molecule has 0 aliphatic heterocycles. The van der Waals surface area contributed by atoms with Crippen LogP contribution in [0.4, 0.5) is 11.5 Å². The third-order valence-corrected chi connectivity index (χ3v) is 3.57. The van der Waals surface area contributed by atoms with Crippen LogP contribution in [0, 0.1) is 5.41 Å². The zero-order chi connectivity index (χ0) is 13.9. The van der Waals surface area contributed by atoms with Crippen molar-refractivity contribution in [3.63, 3.8) is 0 Å². The molecule has 0 atom stereocenters. The number of nitrogen functional groups attached to an aromatic ring is 1. The molecule has 0 unspecified atom stereocenters. The standard InChI is InChI=1S/C13H19N3O3/c1-19-7-6-13(4-5-13)8-15-11-9(14)2-3-10(16-11)12(17)18/h2-3H,4-8,14H2,1H3,(H,15,16)(H,17,18). The van der Waals surface area contributed by atoms with Crippen LogP contribution in [-0.4, -0.2) is 36.3 Å². The molecule has 0 radical (unpaired) electrons. The van der Waals surface area contributed by atoms with Gasteiger partial charge in [-0.05, 0) is 36.8 Å². The second-order valence-corrected chi connectivity index (χ2v) is 5.04. The Hall–Kier alpha value is -1.82. The summed E-state index contributed by atoms with van der Waals surface area (Å²) in [6.07, 6.45) is 3.30. The molecule has 6 nitrogen and oxygen atoms in total. The van der Waals surface area contributed by atoms with Crippen LogP contribution < -0.4 is 11.1 Å². The van der Waals surface area contributed by atoms with E-state index in [4.69, 9.17) is 15.6 Å². The molecule has 104 valence electrons. The van der Waals surface area contributed by atoms with Gasteiger partial charge in [0.25, 0.3) is 0 Å². The highest BCUT2D eigenvalue weighted by molar-refractivity contribution is 5.86. The first-order chi connectivity index (χ1) is 9.06. The predicted molar refractivity (Wildman–Crippen MR) is 72.3 cm³/mol. The van der Waals surface area contributed by atoms with Gasteiger partial charge in [0.1, 0.15) is 5.82 Å². The quantitative estimate of drug-likeness (QED) is 0.692. The van der Waals surface area contributed by atoms with E-state index < -0.39 is 5.97 Å². The van der Waals surface area contributed by atoms with Crippen LogP contribution in [0.5, 0.6) is 0 Å². The lowest BCUT2D eigenvalue weighted by Crippen LogP contribution is -2.19. The number of rotatable bonds is 7. The number of nitrogens with two attached hydrogens (primary N) is 1. The largest absolute Gasteiger partial charge is 0.477 e. The number of aromatic nitrogens is 1. The van der Waals surface area contributed by atoms with Crippen LogP contribution >= 0.6 is 0 Å². The fraction of sp³-hybridized carbons (Fsp3) is 0.538. The number of carbonyl (C=O) groups is 1. The van der Waals surface area contributed by atoms with Crippen molar-refractivity contribution in [2.24, 2.45) is 5.41 Å². The number of nitrogens with zero attached hydrogens (tertiary/aromatic N) is 1. The van der Waals surface area contributed by atoms with Gasteiger partial charge >= 0.3 is 5.97 Å². The van der Waals surface area contributed by atoms with E-state index in [1.807, 2.05) is 0 Å². The smallest absolute Gasteiger partial charge is 0.354 e. The molecular weight excluding hydrogens is 246 g/mol. The Bertz CT molecular complexity index is 472. The molecule has 0 amide bonds. The van der Waals surface area contributed by atoms with E-state index in [0.29, 0.717) is 11.5 Å². The summed E-state index contributed by atoms with van der Waals surface area (Å²) in [6.45, 7) is 1.48. The SMILES string of the molecule is COCCC1(CNc2nc(C(=O)O)ccc2N)CC1. The van der Waals surface area contributed by atoms with Gasteiger partial charge in [0.2, 0.25) is 0 Å². The van der Waals surface area contributed by atoms with E-state index in [0.717, 1.165) is 32.4 Å². The number of ether oxygens (including phenoxy) is 1. The van der Waals surface area contributed by atoms with Gasteiger partial charge in [-0.2, -0.15) is 0 Å². The number of carboxylic acids is 1. The van der Waals surface area contributed by atoms with Crippen molar-refractivity contribution in [2.75, 3.05) is 31.3 Å². The summed E-state index contributed by atoms with van der Waals surface area (Å²) in [5.41, 5.74) is 6.51. The van der Waals surface area contributed by atoms with Gasteiger partial charge in [-0.1, -0.05) is 0 Å². The van der Waals surface area contributed by atoms with E-state index in [-0.39, 0.29) is 11.1 Å². The normalized spacial score (nSPS) is 16.1. The molecule has 1 aliphatic carbocycles. The van der Waals surface area contributed by atoms with Gasteiger partial charge in [0.05, 0.1) is 5.69 Å². The highest BCUT2D eigenvalue weighted by atomic mass is 16.5. The van der Waals surface area contributed by atoms with Gasteiger partial charge in [-0.3, -0.25) is 0 Å². The Morgan fingerprint density at radius 3 is 2.89 bits per heavy atom. The molecule has 1 fully saturated rings. The number of pyridine rings is 1. The topological polar surface area (TPSA) is 97.5 Å². The second kappa shape index (κ2) is 5.44. The molecule has 0 aromatic carbocycles. The number of anilines is 2. The van der Waals surface area contributed by atoms with Crippen LogP contribution in [0.2, 0.25) is 0 Å². The summed E-state index contributed by atoms with van der Waals surface area (Å²) in [7, 11) is 1.69. The summed E-state index contributed by atoms with van der Waals surface area (Å²) in [4.78, 5) is 14.9. The Morgan fingerprint density at radius 1 is 1.58 bits per heavy atom. The lowest BCUT2D eigenvalue weighted by molar-refractivity contribution is 0.0690. The summed E-state index contributed by atoms with van der Waals surface area (Å²) in [5, 5.41) is 12.1. The van der Waals surface area contributed by atoms with Crippen molar-refractivity contribution in [2.45, 2.75) is 19.3 Å². The van der Waals surface area contributed by atoms with Crippen molar-refractivity contribution < 1.29 is 14.6 Å². The van der Waals surface area contributed by atoms with Crippen molar-refractivity contribution in [1.82, 2.24) is 4.98 Å².